The van der Waals surface area contributed by atoms with Gasteiger partial charge >= 0.3 is 0 Å². The molecule has 0 radical (unpaired) electrons. The molecule has 3 N–H and O–H groups in total. The fourth-order valence-electron chi connectivity index (χ4n) is 4.32. The van der Waals surface area contributed by atoms with Gasteiger partial charge in [0.25, 0.3) is 0 Å². The van der Waals surface area contributed by atoms with Crippen molar-refractivity contribution in [1.82, 2.24) is 15.5 Å². The van der Waals surface area contributed by atoms with Gasteiger partial charge in [-0.25, -0.2) is 0 Å². The first-order valence-electron chi connectivity index (χ1n) is 11.3. The van der Waals surface area contributed by atoms with Gasteiger partial charge in [-0.1, -0.05) is 19.3 Å². The molecule has 3 rings (SSSR count). The van der Waals surface area contributed by atoms with Crippen LogP contribution >= 0.6 is 24.0 Å². The Labute approximate surface area is 193 Å². The highest BCUT2D eigenvalue weighted by Crippen LogP contribution is 2.34. The van der Waals surface area contributed by atoms with Crippen LogP contribution in [0.5, 0.6) is 0 Å². The summed E-state index contributed by atoms with van der Waals surface area (Å²) in [6.45, 7) is 9.00. The summed E-state index contributed by atoms with van der Waals surface area (Å²) in [5.74, 6) is 1.52. The van der Waals surface area contributed by atoms with Crippen molar-refractivity contribution in [1.29, 1.82) is 0 Å². The van der Waals surface area contributed by atoms with Crippen LogP contribution in [0.3, 0.4) is 0 Å². The van der Waals surface area contributed by atoms with Crippen molar-refractivity contribution < 1.29 is 14.6 Å². The molecule has 1 saturated heterocycles. The average molecular weight is 524 g/mol. The lowest BCUT2D eigenvalue weighted by Crippen LogP contribution is -2.56. The first-order valence-corrected chi connectivity index (χ1v) is 11.3. The molecular formula is C21H41IN4O3. The minimum absolute atomic E-state index is 0. The van der Waals surface area contributed by atoms with Gasteiger partial charge in [-0.3, -0.25) is 9.89 Å². The number of guanidine groups is 1. The van der Waals surface area contributed by atoms with Gasteiger partial charge in [-0.05, 0) is 38.5 Å². The molecule has 3 aliphatic rings. The van der Waals surface area contributed by atoms with Gasteiger partial charge in [0.2, 0.25) is 0 Å². The SMILES string of the molecule is CCNC(=NCC1(N2CCOCC2)CCCCC1)NCC(O)COCC1CC1.I. The number of rotatable bonds is 10. The molecule has 170 valence electrons. The fraction of sp³-hybridized carbons (Fsp3) is 0.952. The smallest absolute Gasteiger partial charge is 0.191 e. The van der Waals surface area contributed by atoms with Gasteiger partial charge in [0.15, 0.2) is 5.96 Å². The highest BCUT2D eigenvalue weighted by molar-refractivity contribution is 14.0. The number of aliphatic hydroxyl groups excluding tert-OH is 1. The van der Waals surface area contributed by atoms with Gasteiger partial charge in [0.05, 0.1) is 32.5 Å². The van der Waals surface area contributed by atoms with Crippen molar-refractivity contribution in [3.8, 4) is 0 Å². The third-order valence-electron chi connectivity index (χ3n) is 6.21. The van der Waals surface area contributed by atoms with E-state index in [2.05, 4.69) is 22.5 Å². The number of hydrogen-bond acceptors (Lipinski definition) is 5. The summed E-state index contributed by atoms with van der Waals surface area (Å²) in [6, 6.07) is 0. The highest BCUT2D eigenvalue weighted by atomic mass is 127. The van der Waals surface area contributed by atoms with E-state index >= 15 is 0 Å². The van der Waals surface area contributed by atoms with Crippen molar-refractivity contribution in [3.05, 3.63) is 0 Å². The number of morpholine rings is 1. The largest absolute Gasteiger partial charge is 0.389 e. The lowest BCUT2D eigenvalue weighted by Gasteiger charge is -2.47. The Morgan fingerprint density at radius 2 is 1.93 bits per heavy atom. The molecule has 0 spiro atoms. The summed E-state index contributed by atoms with van der Waals surface area (Å²) in [4.78, 5) is 7.55. The second kappa shape index (κ2) is 13.3. The number of aliphatic hydroxyl groups is 1. The number of nitrogens with one attached hydrogen (secondary N) is 2. The maximum atomic E-state index is 10.2. The zero-order valence-corrected chi connectivity index (χ0v) is 20.4. The molecule has 8 heteroatoms. The Morgan fingerprint density at radius 1 is 1.21 bits per heavy atom. The van der Waals surface area contributed by atoms with E-state index in [1.807, 2.05) is 0 Å². The minimum atomic E-state index is -0.509. The third kappa shape index (κ3) is 8.47. The number of hydrogen-bond donors (Lipinski definition) is 3. The lowest BCUT2D eigenvalue weighted by molar-refractivity contribution is -0.0333. The molecule has 29 heavy (non-hydrogen) atoms. The van der Waals surface area contributed by atoms with E-state index in [1.165, 1.54) is 44.9 Å². The van der Waals surface area contributed by atoms with E-state index in [9.17, 15) is 5.11 Å². The van der Waals surface area contributed by atoms with E-state index in [-0.39, 0.29) is 29.5 Å². The van der Waals surface area contributed by atoms with Crippen LogP contribution in [-0.4, -0.2) is 86.8 Å². The summed E-state index contributed by atoms with van der Waals surface area (Å²) in [5.41, 5.74) is 0.163. The lowest BCUT2D eigenvalue weighted by atomic mass is 9.80. The van der Waals surface area contributed by atoms with Gasteiger partial charge in [0, 0.05) is 38.3 Å². The molecule has 2 aliphatic carbocycles. The van der Waals surface area contributed by atoms with Crippen molar-refractivity contribution in [2.75, 3.05) is 59.2 Å². The van der Waals surface area contributed by atoms with E-state index in [4.69, 9.17) is 14.5 Å². The minimum Gasteiger partial charge on any atom is -0.389 e. The zero-order chi connectivity index (χ0) is 19.7. The van der Waals surface area contributed by atoms with Crippen LogP contribution in [0.2, 0.25) is 0 Å². The van der Waals surface area contributed by atoms with Crippen LogP contribution in [0.1, 0.15) is 51.9 Å². The molecule has 7 nitrogen and oxygen atoms in total. The number of aliphatic imine (C=N–C) groups is 1. The molecule has 1 heterocycles. The van der Waals surface area contributed by atoms with Gasteiger partial charge in [-0.2, -0.15) is 0 Å². The monoisotopic (exact) mass is 524 g/mol. The zero-order valence-electron chi connectivity index (χ0n) is 18.0. The number of ether oxygens (including phenoxy) is 2. The first-order chi connectivity index (χ1) is 13.7. The predicted molar refractivity (Wildman–Crippen MR) is 127 cm³/mol. The summed E-state index contributed by atoms with van der Waals surface area (Å²) in [5, 5.41) is 16.8. The van der Waals surface area contributed by atoms with E-state index in [1.54, 1.807) is 0 Å². The Hall–Kier alpha value is -0.160. The van der Waals surface area contributed by atoms with Crippen LogP contribution in [0.4, 0.5) is 0 Å². The topological polar surface area (TPSA) is 78.4 Å². The van der Waals surface area contributed by atoms with E-state index < -0.39 is 6.10 Å². The summed E-state index contributed by atoms with van der Waals surface area (Å²) in [6.07, 6.45) is 8.38. The molecule has 1 unspecified atom stereocenters. The summed E-state index contributed by atoms with van der Waals surface area (Å²) >= 11 is 0. The molecule has 0 aromatic rings. The van der Waals surface area contributed by atoms with Crippen molar-refractivity contribution >= 4 is 29.9 Å². The standard InChI is InChI=1S/C21H40N4O3.HI/c1-2-22-20(23-14-19(26)16-28-15-18-6-7-18)24-17-21(8-4-3-5-9-21)25-10-12-27-13-11-25;/h18-19,26H,2-17H2,1H3,(H2,22,23,24);1H. The summed E-state index contributed by atoms with van der Waals surface area (Å²) < 4.78 is 11.2. The Morgan fingerprint density at radius 3 is 2.59 bits per heavy atom. The molecule has 1 aliphatic heterocycles. The van der Waals surface area contributed by atoms with Gasteiger partial charge in [0.1, 0.15) is 0 Å². The molecule has 1 atom stereocenters. The van der Waals surface area contributed by atoms with Gasteiger partial charge < -0.3 is 25.2 Å². The Balaban J connectivity index is 0.00000300. The average Bonchev–Trinajstić information content (AvgIpc) is 3.56. The first kappa shape index (κ1) is 25.1. The molecule has 0 aromatic carbocycles. The Bertz CT molecular complexity index is 479. The van der Waals surface area contributed by atoms with Crippen molar-refractivity contribution in [2.24, 2.45) is 10.9 Å². The molecule has 0 amide bonds. The molecule has 2 saturated carbocycles. The fourth-order valence-corrected chi connectivity index (χ4v) is 4.32. The number of halogens is 1. The maximum absolute atomic E-state index is 10.2. The molecule has 3 fully saturated rings. The second-order valence-corrected chi connectivity index (χ2v) is 8.60. The number of nitrogens with zero attached hydrogens (tertiary/aromatic N) is 2. The molecule has 0 aromatic heterocycles. The van der Waals surface area contributed by atoms with Crippen LogP contribution in [-0.2, 0) is 9.47 Å². The van der Waals surface area contributed by atoms with Crippen LogP contribution in [0.25, 0.3) is 0 Å². The van der Waals surface area contributed by atoms with E-state index in [0.29, 0.717) is 13.2 Å². The van der Waals surface area contributed by atoms with Crippen LogP contribution in [0.15, 0.2) is 4.99 Å². The molecule has 0 bridgehead atoms. The second-order valence-electron chi connectivity index (χ2n) is 8.60. The van der Waals surface area contributed by atoms with Crippen molar-refractivity contribution in [2.45, 2.75) is 63.5 Å². The third-order valence-corrected chi connectivity index (χ3v) is 6.21. The highest BCUT2D eigenvalue weighted by Gasteiger charge is 2.38. The normalized spacial score (nSPS) is 23.9. The van der Waals surface area contributed by atoms with Crippen molar-refractivity contribution in [3.63, 3.8) is 0 Å². The Kier molecular flexibility index (Phi) is 11.5. The van der Waals surface area contributed by atoms with E-state index in [0.717, 1.165) is 57.9 Å². The van der Waals surface area contributed by atoms with Gasteiger partial charge in [-0.15, -0.1) is 24.0 Å². The van der Waals surface area contributed by atoms with Crippen LogP contribution in [0, 0.1) is 5.92 Å². The maximum Gasteiger partial charge on any atom is 0.191 e. The van der Waals surface area contributed by atoms with Crippen LogP contribution < -0.4 is 10.6 Å². The predicted octanol–water partition coefficient (Wildman–Crippen LogP) is 1.98. The summed E-state index contributed by atoms with van der Waals surface area (Å²) in [7, 11) is 0. The molecular weight excluding hydrogens is 483 g/mol. The quantitative estimate of drug-likeness (QED) is 0.231.